The van der Waals surface area contributed by atoms with Crippen LogP contribution in [-0.2, 0) is 42.7 Å². The molecule has 1 aliphatic carbocycles. The average molecular weight is 786 g/mol. The monoisotopic (exact) mass is 786 g/mol. The molecule has 56 heavy (non-hydrogen) atoms. The van der Waals surface area contributed by atoms with E-state index in [1.165, 1.54) is 92.9 Å². The van der Waals surface area contributed by atoms with Crippen LogP contribution in [0.1, 0.15) is 114 Å². The summed E-state index contributed by atoms with van der Waals surface area (Å²) in [4.78, 5) is 24.1. The summed E-state index contributed by atoms with van der Waals surface area (Å²) in [5.41, 5.74) is 4.78. The second-order valence-electron chi connectivity index (χ2n) is 14.1. The molecule has 0 spiro atoms. The van der Waals surface area contributed by atoms with Gasteiger partial charge < -0.3 is 43.2 Å². The highest BCUT2D eigenvalue weighted by molar-refractivity contribution is 5.79. The predicted octanol–water partition coefficient (Wildman–Crippen LogP) is 8.65. The fraction of sp³-hybridized carbons (Fsp3) is 0.689. The lowest BCUT2D eigenvalue weighted by atomic mass is 9.98. The van der Waals surface area contributed by atoms with Gasteiger partial charge in [0.05, 0.1) is 79.3 Å². The van der Waals surface area contributed by atoms with Crippen molar-refractivity contribution in [1.29, 1.82) is 0 Å². The minimum atomic E-state index is -0.451. The van der Waals surface area contributed by atoms with Crippen molar-refractivity contribution in [3.8, 4) is 11.1 Å². The van der Waals surface area contributed by atoms with E-state index >= 15 is 0 Å². The Balaban J connectivity index is 0.958. The highest BCUT2D eigenvalue weighted by atomic mass is 16.6. The van der Waals surface area contributed by atoms with Gasteiger partial charge in [0.15, 0.2) is 0 Å². The Morgan fingerprint density at radius 3 is 1.34 bits per heavy atom. The number of rotatable bonds is 37. The van der Waals surface area contributed by atoms with Crippen molar-refractivity contribution in [2.45, 2.75) is 103 Å². The number of esters is 1. The second-order valence-corrected chi connectivity index (χ2v) is 14.1. The van der Waals surface area contributed by atoms with E-state index in [9.17, 15) is 9.59 Å². The van der Waals surface area contributed by atoms with E-state index in [0.29, 0.717) is 92.2 Å². The Labute approximate surface area is 336 Å². The molecule has 0 saturated heterocycles. The summed E-state index contributed by atoms with van der Waals surface area (Å²) in [6, 6.07) is 16.5. The minimum Gasteiger partial charge on any atom is -0.463 e. The summed E-state index contributed by atoms with van der Waals surface area (Å²) < 4.78 is 43.9. The lowest BCUT2D eigenvalue weighted by Gasteiger charge is -2.14. The Kier molecular flexibility index (Phi) is 27.9. The van der Waals surface area contributed by atoms with Crippen molar-refractivity contribution in [3.63, 3.8) is 0 Å². The van der Waals surface area contributed by atoms with Crippen LogP contribution in [0.4, 0.5) is 4.79 Å². The van der Waals surface area contributed by atoms with Crippen LogP contribution in [0.3, 0.4) is 0 Å². The van der Waals surface area contributed by atoms with E-state index < -0.39 is 6.09 Å². The number of hydrogen-bond donors (Lipinski definition) is 1. The largest absolute Gasteiger partial charge is 0.463 e. The first-order valence-corrected chi connectivity index (χ1v) is 21.4. The molecule has 2 aromatic carbocycles. The van der Waals surface area contributed by atoms with Gasteiger partial charge in [-0.25, -0.2) is 4.79 Å². The lowest BCUT2D eigenvalue weighted by molar-refractivity contribution is -0.145. The van der Waals surface area contributed by atoms with Gasteiger partial charge in [0, 0.05) is 18.9 Å². The van der Waals surface area contributed by atoms with Crippen molar-refractivity contribution in [3.05, 3.63) is 59.7 Å². The lowest BCUT2D eigenvalue weighted by Crippen LogP contribution is -2.29. The summed E-state index contributed by atoms with van der Waals surface area (Å²) in [6.45, 7) is 8.54. The SMILES string of the molecule is CCCCCCCCCCCCCCCC(=O)OCCOCCOCCOCCOCCOCCOCCNC(=O)OCC1c2ccccc2-c2ccccc21. The summed E-state index contributed by atoms with van der Waals surface area (Å²) in [6.07, 6.45) is 16.8. The molecule has 1 N–H and O–H groups in total. The normalized spacial score (nSPS) is 12.1. The molecule has 3 rings (SSSR count). The van der Waals surface area contributed by atoms with Gasteiger partial charge in [-0.2, -0.15) is 0 Å². The van der Waals surface area contributed by atoms with Crippen LogP contribution in [0.15, 0.2) is 48.5 Å². The number of nitrogens with one attached hydrogen (secondary N) is 1. The summed E-state index contributed by atoms with van der Waals surface area (Å²) >= 11 is 0. The molecule has 316 valence electrons. The minimum absolute atomic E-state index is 0.0372. The van der Waals surface area contributed by atoms with Crippen LogP contribution in [0, 0.1) is 0 Å². The number of ether oxygens (including phenoxy) is 8. The van der Waals surface area contributed by atoms with E-state index in [-0.39, 0.29) is 25.1 Å². The molecule has 0 fully saturated rings. The van der Waals surface area contributed by atoms with E-state index in [0.717, 1.165) is 12.8 Å². The number of carbonyl (C=O) groups excluding carboxylic acids is 2. The van der Waals surface area contributed by atoms with E-state index in [4.69, 9.17) is 37.9 Å². The van der Waals surface area contributed by atoms with Crippen LogP contribution < -0.4 is 5.32 Å². The molecule has 1 amide bonds. The van der Waals surface area contributed by atoms with Gasteiger partial charge >= 0.3 is 12.1 Å². The molecule has 0 radical (unpaired) electrons. The molecule has 0 aliphatic heterocycles. The first kappa shape index (κ1) is 47.3. The molecule has 1 aliphatic rings. The molecule has 0 aromatic heterocycles. The van der Waals surface area contributed by atoms with Crippen molar-refractivity contribution < 1.29 is 47.5 Å². The zero-order valence-electron chi connectivity index (χ0n) is 34.3. The zero-order chi connectivity index (χ0) is 39.6. The van der Waals surface area contributed by atoms with E-state index in [2.05, 4.69) is 36.5 Å². The van der Waals surface area contributed by atoms with E-state index in [1.807, 2.05) is 24.3 Å². The predicted molar refractivity (Wildman–Crippen MR) is 219 cm³/mol. The summed E-state index contributed by atoms with van der Waals surface area (Å²) in [5.74, 6) is -0.0992. The van der Waals surface area contributed by atoms with E-state index in [1.54, 1.807) is 0 Å². The van der Waals surface area contributed by atoms with Crippen LogP contribution in [-0.4, -0.2) is 111 Å². The molecule has 0 bridgehead atoms. The summed E-state index contributed by atoms with van der Waals surface area (Å²) in [5, 5.41) is 2.75. The third-order valence-corrected chi connectivity index (χ3v) is 9.69. The van der Waals surface area contributed by atoms with Crippen LogP contribution in [0.25, 0.3) is 11.1 Å². The third kappa shape index (κ3) is 22.0. The average Bonchev–Trinajstić information content (AvgIpc) is 3.54. The Morgan fingerprint density at radius 1 is 0.482 bits per heavy atom. The van der Waals surface area contributed by atoms with Gasteiger partial charge in [-0.15, -0.1) is 0 Å². The van der Waals surface area contributed by atoms with Crippen LogP contribution in [0.2, 0.25) is 0 Å². The standard InChI is InChI=1S/C45H71NO10/c1-2-3-4-5-6-7-8-9-10-11-12-13-14-23-44(47)55-37-36-54-35-34-53-33-32-52-31-30-51-29-28-50-27-26-49-25-24-46-45(48)56-38-43-41-21-17-15-19-39(41)40-20-16-18-22-42(40)43/h15-22,43H,2-14,23-38H2,1H3,(H,46,48). The van der Waals surface area contributed by atoms with Gasteiger partial charge in [-0.1, -0.05) is 133 Å². The zero-order valence-corrected chi connectivity index (χ0v) is 34.3. The Morgan fingerprint density at radius 2 is 0.875 bits per heavy atom. The van der Waals surface area contributed by atoms with Crippen molar-refractivity contribution in [2.24, 2.45) is 0 Å². The second kappa shape index (κ2) is 33.0. The van der Waals surface area contributed by atoms with Gasteiger partial charge in [-0.05, 0) is 28.7 Å². The van der Waals surface area contributed by atoms with Crippen molar-refractivity contribution in [1.82, 2.24) is 5.32 Å². The van der Waals surface area contributed by atoms with Gasteiger partial charge in [0.25, 0.3) is 0 Å². The number of amides is 1. The molecule has 0 heterocycles. The molecule has 11 nitrogen and oxygen atoms in total. The maximum Gasteiger partial charge on any atom is 0.407 e. The number of alkyl carbamates (subject to hydrolysis) is 1. The number of unbranched alkanes of at least 4 members (excludes halogenated alkanes) is 12. The third-order valence-electron chi connectivity index (χ3n) is 9.69. The molecular weight excluding hydrogens is 714 g/mol. The maximum atomic E-state index is 12.3. The number of fused-ring (bicyclic) bond motifs is 3. The first-order chi connectivity index (χ1) is 27.7. The molecule has 11 heteroatoms. The Hall–Kier alpha value is -3.06. The number of hydrogen-bond acceptors (Lipinski definition) is 10. The Bertz CT molecular complexity index is 1230. The highest BCUT2D eigenvalue weighted by Gasteiger charge is 2.29. The molecule has 2 aromatic rings. The van der Waals surface area contributed by atoms with Crippen LogP contribution in [0.5, 0.6) is 0 Å². The van der Waals surface area contributed by atoms with Gasteiger partial charge in [-0.3, -0.25) is 4.79 Å². The maximum absolute atomic E-state index is 12.3. The molecular formula is C45H71NO10. The smallest absolute Gasteiger partial charge is 0.407 e. The van der Waals surface area contributed by atoms with Gasteiger partial charge in [0.2, 0.25) is 0 Å². The molecule has 0 unspecified atom stereocenters. The summed E-state index contributed by atoms with van der Waals surface area (Å²) in [7, 11) is 0. The van der Waals surface area contributed by atoms with Crippen LogP contribution >= 0.6 is 0 Å². The quantitative estimate of drug-likeness (QED) is 0.0527. The van der Waals surface area contributed by atoms with Crippen molar-refractivity contribution >= 4 is 12.1 Å². The highest BCUT2D eigenvalue weighted by Crippen LogP contribution is 2.44. The number of carbonyl (C=O) groups is 2. The van der Waals surface area contributed by atoms with Crippen molar-refractivity contribution in [2.75, 3.05) is 99.0 Å². The van der Waals surface area contributed by atoms with Gasteiger partial charge in [0.1, 0.15) is 13.2 Å². The fourth-order valence-corrected chi connectivity index (χ4v) is 6.65. The fourth-order valence-electron chi connectivity index (χ4n) is 6.65. The molecule has 0 atom stereocenters. The molecule has 0 saturated carbocycles. The first-order valence-electron chi connectivity index (χ1n) is 21.4. The number of benzene rings is 2. The topological polar surface area (TPSA) is 120 Å².